The molecule has 1 amide bonds. The lowest BCUT2D eigenvalue weighted by molar-refractivity contribution is -0.135. The van der Waals surface area contributed by atoms with E-state index in [2.05, 4.69) is 10.1 Å². The van der Waals surface area contributed by atoms with E-state index in [0.717, 1.165) is 31.4 Å². The molecule has 28 heavy (non-hydrogen) atoms. The number of amides is 1. The highest BCUT2D eigenvalue weighted by Crippen LogP contribution is 2.24. The fraction of sp³-hybridized carbons (Fsp3) is 0.524. The van der Waals surface area contributed by atoms with Gasteiger partial charge in [0.2, 0.25) is 0 Å². The van der Waals surface area contributed by atoms with Gasteiger partial charge in [0.1, 0.15) is 5.56 Å². The van der Waals surface area contributed by atoms with Crippen LogP contribution in [-0.2, 0) is 9.53 Å². The van der Waals surface area contributed by atoms with Gasteiger partial charge in [-0.2, -0.15) is 5.10 Å². The van der Waals surface area contributed by atoms with Crippen molar-refractivity contribution in [2.75, 3.05) is 13.7 Å². The summed E-state index contributed by atoms with van der Waals surface area (Å²) < 4.78 is 6.99. The molecule has 0 spiro atoms. The quantitative estimate of drug-likeness (QED) is 0.714. The van der Waals surface area contributed by atoms with Crippen molar-refractivity contribution in [3.63, 3.8) is 0 Å². The predicted octanol–water partition coefficient (Wildman–Crippen LogP) is 3.34. The van der Waals surface area contributed by atoms with Gasteiger partial charge in [0.25, 0.3) is 5.91 Å². The van der Waals surface area contributed by atoms with Crippen molar-refractivity contribution in [2.24, 2.45) is 0 Å². The van der Waals surface area contributed by atoms with E-state index in [1.807, 2.05) is 32.0 Å². The van der Waals surface area contributed by atoms with Crippen LogP contribution in [0, 0.1) is 0 Å². The van der Waals surface area contributed by atoms with Gasteiger partial charge < -0.3 is 9.64 Å². The second-order valence-electron chi connectivity index (χ2n) is 7.57. The monoisotopic (exact) mass is 384 g/mol. The van der Waals surface area contributed by atoms with Gasteiger partial charge >= 0.3 is 5.97 Å². The van der Waals surface area contributed by atoms with Gasteiger partial charge in [-0.25, -0.2) is 14.5 Å². The number of rotatable bonds is 6. The smallest absolute Gasteiger partial charge is 0.342 e. The number of nitrogens with zero attached hydrogens (tertiary/aromatic N) is 4. The number of ether oxygens (including phenoxy) is 1. The maximum Gasteiger partial charge on any atom is 0.342 e. The Morgan fingerprint density at radius 1 is 1.25 bits per heavy atom. The summed E-state index contributed by atoms with van der Waals surface area (Å²) >= 11 is 0. The van der Waals surface area contributed by atoms with Crippen LogP contribution in [0.5, 0.6) is 0 Å². The minimum absolute atomic E-state index is 0.0349. The molecule has 0 atom stereocenters. The van der Waals surface area contributed by atoms with Gasteiger partial charge in [-0.05, 0) is 30.9 Å². The molecule has 1 fully saturated rings. The molecule has 2 heterocycles. The SMILES string of the molecule is CC(C)c1c(C(=O)OCC(=O)N(C)C2CCCCC2)cnn1-c1ccccn1. The molecule has 1 aliphatic rings. The van der Waals surface area contributed by atoms with E-state index in [9.17, 15) is 9.59 Å². The van der Waals surface area contributed by atoms with Crippen LogP contribution in [0.2, 0.25) is 0 Å². The van der Waals surface area contributed by atoms with Gasteiger partial charge in [0.05, 0.1) is 11.9 Å². The molecule has 2 aromatic rings. The lowest BCUT2D eigenvalue weighted by Crippen LogP contribution is -2.40. The van der Waals surface area contributed by atoms with Crippen molar-refractivity contribution in [1.82, 2.24) is 19.7 Å². The highest BCUT2D eigenvalue weighted by molar-refractivity contribution is 5.92. The number of carbonyl (C=O) groups excluding carboxylic acids is 2. The molecule has 1 saturated carbocycles. The number of hydrogen-bond acceptors (Lipinski definition) is 5. The zero-order chi connectivity index (χ0) is 20.1. The summed E-state index contributed by atoms with van der Waals surface area (Å²) in [4.78, 5) is 31.1. The molecule has 0 unspecified atom stereocenters. The molecule has 7 nitrogen and oxygen atoms in total. The summed E-state index contributed by atoms with van der Waals surface area (Å²) in [6.07, 6.45) is 8.72. The van der Waals surface area contributed by atoms with Crippen molar-refractivity contribution in [2.45, 2.75) is 57.9 Å². The Hall–Kier alpha value is -2.70. The number of hydrogen-bond donors (Lipinski definition) is 0. The molecule has 150 valence electrons. The molecule has 0 bridgehead atoms. The fourth-order valence-corrected chi connectivity index (χ4v) is 3.71. The average molecular weight is 384 g/mol. The van der Waals surface area contributed by atoms with Crippen molar-refractivity contribution in [3.05, 3.63) is 41.9 Å². The predicted molar refractivity (Wildman–Crippen MR) is 105 cm³/mol. The minimum Gasteiger partial charge on any atom is -0.452 e. The van der Waals surface area contributed by atoms with E-state index in [1.165, 1.54) is 12.6 Å². The Morgan fingerprint density at radius 3 is 2.64 bits per heavy atom. The van der Waals surface area contributed by atoms with Crippen molar-refractivity contribution < 1.29 is 14.3 Å². The van der Waals surface area contributed by atoms with Crippen molar-refractivity contribution in [3.8, 4) is 5.82 Å². The molecule has 7 heteroatoms. The number of esters is 1. The molecule has 0 aliphatic heterocycles. The molecule has 0 saturated heterocycles. The zero-order valence-electron chi connectivity index (χ0n) is 16.8. The first kappa shape index (κ1) is 20.0. The van der Waals surface area contributed by atoms with E-state index in [-0.39, 0.29) is 24.5 Å². The Morgan fingerprint density at radius 2 is 2.00 bits per heavy atom. The third kappa shape index (κ3) is 4.40. The maximum absolute atomic E-state index is 12.7. The van der Waals surface area contributed by atoms with Crippen LogP contribution in [0.3, 0.4) is 0 Å². The minimum atomic E-state index is -0.531. The Labute approximate surface area is 165 Å². The number of carbonyl (C=O) groups is 2. The molecule has 0 aromatic carbocycles. The summed E-state index contributed by atoms with van der Waals surface area (Å²) in [5.74, 6) is -0.0224. The third-order valence-electron chi connectivity index (χ3n) is 5.28. The van der Waals surface area contributed by atoms with Crippen molar-refractivity contribution in [1.29, 1.82) is 0 Å². The fourth-order valence-electron chi connectivity index (χ4n) is 3.71. The normalized spacial score (nSPS) is 14.9. The summed E-state index contributed by atoms with van der Waals surface area (Å²) in [6.45, 7) is 3.71. The summed E-state index contributed by atoms with van der Waals surface area (Å²) in [7, 11) is 1.80. The Bertz CT molecular complexity index is 810. The first-order chi connectivity index (χ1) is 13.5. The molecular formula is C21H28N4O3. The Balaban J connectivity index is 1.69. The van der Waals surface area contributed by atoms with Crippen LogP contribution in [0.1, 0.15) is 67.9 Å². The Kier molecular flexibility index (Phi) is 6.44. The summed E-state index contributed by atoms with van der Waals surface area (Å²) in [5.41, 5.74) is 1.09. The van der Waals surface area contributed by atoms with Gasteiger partial charge in [-0.3, -0.25) is 4.79 Å². The topological polar surface area (TPSA) is 77.3 Å². The first-order valence-corrected chi connectivity index (χ1v) is 9.91. The van der Waals surface area contributed by atoms with Crippen LogP contribution in [0.25, 0.3) is 5.82 Å². The molecular weight excluding hydrogens is 356 g/mol. The van der Waals surface area contributed by atoms with Crippen LogP contribution in [-0.4, -0.2) is 51.2 Å². The average Bonchev–Trinajstić information content (AvgIpc) is 3.18. The standard InChI is InChI=1S/C21H28N4O3/c1-15(2)20-17(13-23-25(20)18-11-7-8-12-22-18)21(27)28-14-19(26)24(3)16-9-5-4-6-10-16/h7-8,11-13,15-16H,4-6,9-10,14H2,1-3H3. The van der Waals surface area contributed by atoms with E-state index in [0.29, 0.717) is 11.4 Å². The number of likely N-dealkylation sites (N-methyl/N-ethyl adjacent to an activating group) is 1. The molecule has 1 aliphatic carbocycles. The number of pyridine rings is 1. The van der Waals surface area contributed by atoms with Gasteiger partial charge in [-0.15, -0.1) is 0 Å². The zero-order valence-corrected chi connectivity index (χ0v) is 16.8. The van der Waals surface area contributed by atoms with E-state index in [1.54, 1.807) is 22.8 Å². The van der Waals surface area contributed by atoms with Crippen LogP contribution >= 0.6 is 0 Å². The maximum atomic E-state index is 12.7. The van der Waals surface area contributed by atoms with Crippen molar-refractivity contribution >= 4 is 11.9 Å². The van der Waals surface area contributed by atoms with Crippen LogP contribution < -0.4 is 0 Å². The lowest BCUT2D eigenvalue weighted by atomic mass is 9.94. The molecule has 0 N–H and O–H groups in total. The van der Waals surface area contributed by atoms with Gasteiger partial charge in [-0.1, -0.05) is 39.2 Å². The van der Waals surface area contributed by atoms with E-state index >= 15 is 0 Å². The second-order valence-corrected chi connectivity index (χ2v) is 7.57. The van der Waals surface area contributed by atoms with Crippen LogP contribution in [0.4, 0.5) is 0 Å². The van der Waals surface area contributed by atoms with Crippen LogP contribution in [0.15, 0.2) is 30.6 Å². The van der Waals surface area contributed by atoms with Gasteiger partial charge in [0, 0.05) is 19.3 Å². The molecule has 3 rings (SSSR count). The number of aromatic nitrogens is 3. The largest absolute Gasteiger partial charge is 0.452 e. The highest BCUT2D eigenvalue weighted by Gasteiger charge is 2.25. The van der Waals surface area contributed by atoms with E-state index in [4.69, 9.17) is 4.74 Å². The molecule has 2 aromatic heterocycles. The van der Waals surface area contributed by atoms with Gasteiger partial charge in [0.15, 0.2) is 12.4 Å². The first-order valence-electron chi connectivity index (χ1n) is 9.91. The third-order valence-corrected chi connectivity index (χ3v) is 5.28. The highest BCUT2D eigenvalue weighted by atomic mass is 16.5. The summed E-state index contributed by atoms with van der Waals surface area (Å²) in [6, 6.07) is 5.77. The summed E-state index contributed by atoms with van der Waals surface area (Å²) in [5, 5.41) is 4.32. The van der Waals surface area contributed by atoms with E-state index < -0.39 is 5.97 Å². The second kappa shape index (κ2) is 8.99. The molecule has 0 radical (unpaired) electrons. The lowest BCUT2D eigenvalue weighted by Gasteiger charge is -2.31.